The van der Waals surface area contributed by atoms with Crippen molar-refractivity contribution in [2.75, 3.05) is 0 Å². The van der Waals surface area contributed by atoms with Crippen molar-refractivity contribution in [2.45, 2.75) is 25.0 Å². The maximum Gasteiger partial charge on any atom is 0.287 e. The quantitative estimate of drug-likeness (QED) is 0.842. The molecule has 4 nitrogen and oxygen atoms in total. The van der Waals surface area contributed by atoms with Crippen molar-refractivity contribution < 1.29 is 14.3 Å². The highest BCUT2D eigenvalue weighted by molar-refractivity contribution is 9.10. The van der Waals surface area contributed by atoms with Gasteiger partial charge < -0.3 is 14.8 Å². The summed E-state index contributed by atoms with van der Waals surface area (Å²) >= 11 is 3.12. The molecule has 0 aliphatic heterocycles. The minimum atomic E-state index is -0.261. The molecule has 1 aliphatic rings. The number of furan rings is 1. The standard InChI is InChI=1S/C9H10BrNO3/c10-8-2-1-7(14-8)9(13)11-5-3-6(12)4-5/h1-2,5-6,12H,3-4H2,(H,11,13). The lowest BCUT2D eigenvalue weighted by Gasteiger charge is -2.31. The third-order valence-electron chi connectivity index (χ3n) is 2.25. The molecule has 0 unspecified atom stereocenters. The van der Waals surface area contributed by atoms with Crippen LogP contribution in [0.2, 0.25) is 0 Å². The average Bonchev–Trinajstić information content (AvgIpc) is 2.49. The van der Waals surface area contributed by atoms with E-state index in [1.165, 1.54) is 0 Å². The predicted molar refractivity (Wildman–Crippen MR) is 52.9 cm³/mol. The van der Waals surface area contributed by atoms with E-state index >= 15 is 0 Å². The minimum Gasteiger partial charge on any atom is -0.444 e. The molecule has 14 heavy (non-hydrogen) atoms. The molecule has 0 atom stereocenters. The number of nitrogens with one attached hydrogen (secondary N) is 1. The van der Waals surface area contributed by atoms with Gasteiger partial charge in [0.05, 0.1) is 6.10 Å². The number of amides is 1. The molecule has 1 aromatic rings. The van der Waals surface area contributed by atoms with E-state index in [0.29, 0.717) is 23.3 Å². The summed E-state index contributed by atoms with van der Waals surface area (Å²) in [5.74, 6) is 0.0610. The summed E-state index contributed by atoms with van der Waals surface area (Å²) in [7, 11) is 0. The Morgan fingerprint density at radius 1 is 1.57 bits per heavy atom. The highest BCUT2D eigenvalue weighted by atomic mass is 79.9. The second-order valence-electron chi connectivity index (χ2n) is 3.40. The topological polar surface area (TPSA) is 62.5 Å². The molecule has 2 rings (SSSR count). The van der Waals surface area contributed by atoms with Gasteiger partial charge in [0.1, 0.15) is 0 Å². The van der Waals surface area contributed by atoms with Crippen molar-refractivity contribution >= 4 is 21.8 Å². The van der Waals surface area contributed by atoms with Gasteiger partial charge in [0.15, 0.2) is 10.4 Å². The molecule has 5 heteroatoms. The Labute approximate surface area is 89.4 Å². The first-order valence-electron chi connectivity index (χ1n) is 4.39. The third-order valence-corrected chi connectivity index (χ3v) is 2.67. The van der Waals surface area contributed by atoms with Crippen molar-refractivity contribution in [3.8, 4) is 0 Å². The van der Waals surface area contributed by atoms with Crippen LogP contribution in [0.1, 0.15) is 23.4 Å². The number of carbonyl (C=O) groups excluding carboxylic acids is 1. The van der Waals surface area contributed by atoms with Crippen LogP contribution in [-0.4, -0.2) is 23.2 Å². The van der Waals surface area contributed by atoms with Gasteiger partial charge >= 0.3 is 0 Å². The molecule has 2 N–H and O–H groups in total. The Bertz CT molecular complexity index is 344. The molecule has 1 heterocycles. The first-order chi connectivity index (χ1) is 6.65. The molecule has 0 radical (unpaired) electrons. The van der Waals surface area contributed by atoms with Crippen LogP contribution in [0.15, 0.2) is 21.2 Å². The van der Waals surface area contributed by atoms with E-state index in [4.69, 9.17) is 9.52 Å². The second-order valence-corrected chi connectivity index (χ2v) is 4.18. The van der Waals surface area contributed by atoms with Crippen molar-refractivity contribution in [1.82, 2.24) is 5.32 Å². The monoisotopic (exact) mass is 259 g/mol. The van der Waals surface area contributed by atoms with E-state index in [0.717, 1.165) is 0 Å². The molecule has 0 bridgehead atoms. The molecule has 0 aromatic carbocycles. The Morgan fingerprint density at radius 2 is 2.29 bits per heavy atom. The average molecular weight is 260 g/mol. The van der Waals surface area contributed by atoms with Crippen LogP contribution >= 0.6 is 15.9 Å². The van der Waals surface area contributed by atoms with E-state index in [9.17, 15) is 4.79 Å². The third kappa shape index (κ3) is 1.99. The van der Waals surface area contributed by atoms with E-state index < -0.39 is 0 Å². The predicted octanol–water partition coefficient (Wildman–Crippen LogP) is 1.30. The zero-order valence-electron chi connectivity index (χ0n) is 7.37. The number of hydrogen-bond acceptors (Lipinski definition) is 3. The summed E-state index contributed by atoms with van der Waals surface area (Å²) in [4.78, 5) is 11.5. The van der Waals surface area contributed by atoms with Gasteiger partial charge in [-0.3, -0.25) is 4.79 Å². The Balaban J connectivity index is 1.90. The molecule has 1 aromatic heterocycles. The zero-order valence-corrected chi connectivity index (χ0v) is 8.95. The van der Waals surface area contributed by atoms with Crippen LogP contribution in [0.3, 0.4) is 0 Å². The number of aliphatic hydroxyl groups is 1. The van der Waals surface area contributed by atoms with Crippen LogP contribution in [0.25, 0.3) is 0 Å². The summed E-state index contributed by atoms with van der Waals surface area (Å²) in [5, 5.41) is 11.8. The molecular weight excluding hydrogens is 250 g/mol. The van der Waals surface area contributed by atoms with Gasteiger partial charge in [0, 0.05) is 6.04 Å². The lowest BCUT2D eigenvalue weighted by atomic mass is 9.89. The van der Waals surface area contributed by atoms with Crippen LogP contribution in [-0.2, 0) is 0 Å². The van der Waals surface area contributed by atoms with Crippen molar-refractivity contribution in [1.29, 1.82) is 0 Å². The minimum absolute atomic E-state index is 0.0846. The van der Waals surface area contributed by atoms with Crippen LogP contribution in [0.5, 0.6) is 0 Å². The number of rotatable bonds is 2. The number of carbonyl (C=O) groups is 1. The smallest absolute Gasteiger partial charge is 0.287 e. The molecule has 1 amide bonds. The highest BCUT2D eigenvalue weighted by Gasteiger charge is 2.29. The first kappa shape index (κ1) is 9.73. The molecular formula is C9H10BrNO3. The van der Waals surface area contributed by atoms with Gasteiger partial charge in [-0.05, 0) is 40.9 Å². The lowest BCUT2D eigenvalue weighted by Crippen LogP contribution is -2.46. The summed E-state index contributed by atoms with van der Waals surface area (Å²) < 4.78 is 5.62. The summed E-state index contributed by atoms with van der Waals surface area (Å²) in [6, 6.07) is 3.36. The number of halogens is 1. The van der Waals surface area contributed by atoms with Gasteiger partial charge in [0.25, 0.3) is 5.91 Å². The Morgan fingerprint density at radius 3 is 2.79 bits per heavy atom. The molecule has 76 valence electrons. The maximum atomic E-state index is 11.5. The second kappa shape index (κ2) is 3.74. The highest BCUT2D eigenvalue weighted by Crippen LogP contribution is 2.20. The van der Waals surface area contributed by atoms with E-state index in [2.05, 4.69) is 21.2 Å². The number of aliphatic hydroxyl groups excluding tert-OH is 1. The van der Waals surface area contributed by atoms with Gasteiger partial charge in [-0.15, -0.1) is 0 Å². The fraction of sp³-hybridized carbons (Fsp3) is 0.444. The molecule has 0 saturated heterocycles. The van der Waals surface area contributed by atoms with Crippen LogP contribution in [0.4, 0.5) is 0 Å². The van der Waals surface area contributed by atoms with Crippen molar-refractivity contribution in [2.24, 2.45) is 0 Å². The molecule has 1 saturated carbocycles. The molecule has 1 aliphatic carbocycles. The number of hydrogen-bond donors (Lipinski definition) is 2. The van der Waals surface area contributed by atoms with Crippen molar-refractivity contribution in [3.63, 3.8) is 0 Å². The largest absolute Gasteiger partial charge is 0.444 e. The summed E-state index contributed by atoms with van der Waals surface area (Å²) in [6.45, 7) is 0. The van der Waals surface area contributed by atoms with Gasteiger partial charge in [-0.25, -0.2) is 0 Å². The fourth-order valence-corrected chi connectivity index (χ4v) is 1.71. The van der Waals surface area contributed by atoms with Crippen molar-refractivity contribution in [3.05, 3.63) is 22.6 Å². The van der Waals surface area contributed by atoms with Gasteiger partial charge in [0.2, 0.25) is 0 Å². The molecule has 0 spiro atoms. The normalized spacial score (nSPS) is 25.6. The van der Waals surface area contributed by atoms with Gasteiger partial charge in [-0.1, -0.05) is 0 Å². The Hall–Kier alpha value is -0.810. The lowest BCUT2D eigenvalue weighted by molar-refractivity contribution is 0.0550. The van der Waals surface area contributed by atoms with Gasteiger partial charge in [-0.2, -0.15) is 0 Å². The Kier molecular flexibility index (Phi) is 2.60. The zero-order chi connectivity index (χ0) is 10.1. The molecule has 1 fully saturated rings. The first-order valence-corrected chi connectivity index (χ1v) is 5.18. The SMILES string of the molecule is O=C(NC1CC(O)C1)c1ccc(Br)o1. The van der Waals surface area contributed by atoms with E-state index in [1.54, 1.807) is 12.1 Å². The maximum absolute atomic E-state index is 11.5. The van der Waals surface area contributed by atoms with Crippen LogP contribution < -0.4 is 5.32 Å². The van der Waals surface area contributed by atoms with E-state index in [1.807, 2.05) is 0 Å². The van der Waals surface area contributed by atoms with Crippen LogP contribution in [0, 0.1) is 0 Å². The summed E-state index contributed by atoms with van der Waals surface area (Å²) in [6.07, 6.45) is 1.00. The summed E-state index contributed by atoms with van der Waals surface area (Å²) in [5.41, 5.74) is 0. The fourth-order valence-electron chi connectivity index (χ4n) is 1.40. The van der Waals surface area contributed by atoms with E-state index in [-0.39, 0.29) is 18.1 Å².